The summed E-state index contributed by atoms with van der Waals surface area (Å²) in [5.74, 6) is 0.927. The number of carbonyl (C=O) groups excluding carboxylic acids is 1. The van der Waals surface area contributed by atoms with Gasteiger partial charge >= 0.3 is 0 Å². The van der Waals surface area contributed by atoms with E-state index in [1.165, 1.54) is 17.3 Å². The molecule has 8 heteroatoms. The van der Waals surface area contributed by atoms with Gasteiger partial charge in [0.15, 0.2) is 11.0 Å². The zero-order chi connectivity index (χ0) is 21.3. The van der Waals surface area contributed by atoms with Gasteiger partial charge in [0.05, 0.1) is 17.5 Å². The van der Waals surface area contributed by atoms with Gasteiger partial charge in [0.2, 0.25) is 5.91 Å². The molecule has 2 aromatic heterocycles. The van der Waals surface area contributed by atoms with E-state index in [2.05, 4.69) is 70.7 Å². The van der Waals surface area contributed by atoms with Crippen LogP contribution in [-0.4, -0.2) is 36.6 Å². The number of anilines is 1. The lowest BCUT2D eigenvalue weighted by atomic mass is 9.87. The molecule has 0 aliphatic heterocycles. The lowest BCUT2D eigenvalue weighted by molar-refractivity contribution is -0.113. The van der Waals surface area contributed by atoms with E-state index in [0.717, 1.165) is 28.0 Å². The molecule has 0 saturated carbocycles. The van der Waals surface area contributed by atoms with Crippen molar-refractivity contribution in [1.29, 1.82) is 0 Å². The SMILES string of the molecule is Cn1c(SCC(=O)Nc2ccc3cn[nH]c3c2)nnc1-c1ccc(C(C)(C)C)cc1. The number of fused-ring (bicyclic) bond motifs is 1. The van der Waals surface area contributed by atoms with Crippen LogP contribution < -0.4 is 5.32 Å². The second-order valence-corrected chi connectivity index (χ2v) is 9.14. The molecule has 0 fully saturated rings. The van der Waals surface area contributed by atoms with Gasteiger partial charge in [0, 0.05) is 23.7 Å². The molecule has 30 heavy (non-hydrogen) atoms. The number of carbonyl (C=O) groups is 1. The number of thioether (sulfide) groups is 1. The summed E-state index contributed by atoms with van der Waals surface area (Å²) in [5.41, 5.74) is 4.00. The number of H-pyrrole nitrogens is 1. The highest BCUT2D eigenvalue weighted by atomic mass is 32.2. The van der Waals surface area contributed by atoms with Crippen LogP contribution in [0.4, 0.5) is 5.69 Å². The lowest BCUT2D eigenvalue weighted by Crippen LogP contribution is -2.14. The minimum absolute atomic E-state index is 0.0991. The predicted molar refractivity (Wildman–Crippen MR) is 121 cm³/mol. The maximum absolute atomic E-state index is 12.4. The summed E-state index contributed by atoms with van der Waals surface area (Å²) in [5, 5.41) is 20.1. The van der Waals surface area contributed by atoms with Gasteiger partial charge in [-0.15, -0.1) is 10.2 Å². The molecule has 2 heterocycles. The number of aromatic nitrogens is 5. The first-order chi connectivity index (χ1) is 14.3. The van der Waals surface area contributed by atoms with Crippen molar-refractivity contribution in [3.05, 3.63) is 54.2 Å². The molecule has 7 nitrogen and oxygen atoms in total. The zero-order valence-electron chi connectivity index (χ0n) is 17.4. The fourth-order valence-corrected chi connectivity index (χ4v) is 3.86. The number of benzene rings is 2. The summed E-state index contributed by atoms with van der Waals surface area (Å²) in [6, 6.07) is 14.0. The Morgan fingerprint density at radius 3 is 2.63 bits per heavy atom. The Hall–Kier alpha value is -3.13. The van der Waals surface area contributed by atoms with E-state index in [1.807, 2.05) is 29.8 Å². The Labute approximate surface area is 179 Å². The number of nitrogens with zero attached hydrogens (tertiary/aromatic N) is 4. The average Bonchev–Trinajstić information content (AvgIpc) is 3.32. The Balaban J connectivity index is 1.40. The first-order valence-corrected chi connectivity index (χ1v) is 10.7. The molecule has 4 aromatic rings. The van der Waals surface area contributed by atoms with E-state index in [9.17, 15) is 4.79 Å². The van der Waals surface area contributed by atoms with Gasteiger partial charge in [-0.05, 0) is 29.2 Å². The minimum Gasteiger partial charge on any atom is -0.325 e. The second-order valence-electron chi connectivity index (χ2n) is 8.20. The molecule has 154 valence electrons. The fraction of sp³-hybridized carbons (Fsp3) is 0.273. The third-order valence-electron chi connectivity index (χ3n) is 4.90. The third-order valence-corrected chi connectivity index (χ3v) is 5.92. The number of amides is 1. The molecule has 0 aliphatic rings. The Bertz CT molecular complexity index is 1190. The summed E-state index contributed by atoms with van der Waals surface area (Å²) in [6.07, 6.45) is 1.75. The van der Waals surface area contributed by atoms with Crippen LogP contribution in [0, 0.1) is 0 Å². The smallest absolute Gasteiger partial charge is 0.234 e. The van der Waals surface area contributed by atoms with Gasteiger partial charge in [0.25, 0.3) is 0 Å². The van der Waals surface area contributed by atoms with Gasteiger partial charge in [-0.1, -0.05) is 56.8 Å². The van der Waals surface area contributed by atoms with Gasteiger partial charge in [0.1, 0.15) is 0 Å². The summed E-state index contributed by atoms with van der Waals surface area (Å²) in [4.78, 5) is 12.4. The van der Waals surface area contributed by atoms with Crippen molar-refractivity contribution >= 4 is 34.3 Å². The van der Waals surface area contributed by atoms with E-state index in [-0.39, 0.29) is 17.1 Å². The van der Waals surface area contributed by atoms with Crippen molar-refractivity contribution < 1.29 is 4.79 Å². The van der Waals surface area contributed by atoms with Crippen molar-refractivity contribution in [1.82, 2.24) is 25.0 Å². The largest absolute Gasteiger partial charge is 0.325 e. The first-order valence-electron chi connectivity index (χ1n) is 9.67. The Morgan fingerprint density at radius 1 is 1.13 bits per heavy atom. The van der Waals surface area contributed by atoms with Crippen LogP contribution in [0.3, 0.4) is 0 Å². The number of rotatable bonds is 5. The Kier molecular flexibility index (Phi) is 5.34. The standard InChI is InChI=1S/C22H24N6OS/c1-22(2,3)16-8-5-14(6-9-16)20-26-27-21(28(20)4)30-13-19(29)24-17-10-7-15-12-23-25-18(15)11-17/h5-12H,13H2,1-4H3,(H,23,25)(H,24,29). The van der Waals surface area contributed by atoms with E-state index in [4.69, 9.17) is 0 Å². The monoisotopic (exact) mass is 420 g/mol. The molecule has 0 radical (unpaired) electrons. The van der Waals surface area contributed by atoms with Crippen LogP contribution in [0.2, 0.25) is 0 Å². The average molecular weight is 421 g/mol. The maximum atomic E-state index is 12.4. The van der Waals surface area contributed by atoms with Crippen molar-refractivity contribution in [3.63, 3.8) is 0 Å². The normalized spacial score (nSPS) is 11.7. The van der Waals surface area contributed by atoms with E-state index >= 15 is 0 Å². The summed E-state index contributed by atoms with van der Waals surface area (Å²) in [6.45, 7) is 6.57. The molecule has 4 rings (SSSR count). The quantitative estimate of drug-likeness (QED) is 0.468. The molecule has 0 aliphatic carbocycles. The molecule has 2 N–H and O–H groups in total. The molecule has 0 saturated heterocycles. The maximum Gasteiger partial charge on any atom is 0.234 e. The topological polar surface area (TPSA) is 88.5 Å². The van der Waals surface area contributed by atoms with Crippen LogP contribution >= 0.6 is 11.8 Å². The van der Waals surface area contributed by atoms with Gasteiger partial charge in [-0.3, -0.25) is 9.89 Å². The van der Waals surface area contributed by atoms with Crippen LogP contribution in [0.15, 0.2) is 53.8 Å². The Morgan fingerprint density at radius 2 is 1.90 bits per heavy atom. The highest BCUT2D eigenvalue weighted by molar-refractivity contribution is 7.99. The number of nitrogens with one attached hydrogen (secondary N) is 2. The van der Waals surface area contributed by atoms with Crippen LogP contribution in [0.25, 0.3) is 22.3 Å². The van der Waals surface area contributed by atoms with Crippen molar-refractivity contribution in [2.45, 2.75) is 31.3 Å². The predicted octanol–water partition coefficient (Wildman–Crippen LogP) is 4.39. The number of hydrogen-bond donors (Lipinski definition) is 2. The van der Waals surface area contributed by atoms with E-state index in [0.29, 0.717) is 5.16 Å². The third kappa shape index (κ3) is 4.23. The highest BCUT2D eigenvalue weighted by Crippen LogP contribution is 2.27. The van der Waals surface area contributed by atoms with Crippen LogP contribution in [0.5, 0.6) is 0 Å². The van der Waals surface area contributed by atoms with Crippen molar-refractivity contribution in [2.75, 3.05) is 11.1 Å². The highest BCUT2D eigenvalue weighted by Gasteiger charge is 2.16. The lowest BCUT2D eigenvalue weighted by Gasteiger charge is -2.19. The van der Waals surface area contributed by atoms with Gasteiger partial charge in [-0.25, -0.2) is 0 Å². The molecule has 0 bridgehead atoms. The van der Waals surface area contributed by atoms with Gasteiger partial charge in [-0.2, -0.15) is 5.10 Å². The zero-order valence-corrected chi connectivity index (χ0v) is 18.2. The minimum atomic E-state index is -0.0991. The van der Waals surface area contributed by atoms with E-state index in [1.54, 1.807) is 6.20 Å². The van der Waals surface area contributed by atoms with Crippen LogP contribution in [0.1, 0.15) is 26.3 Å². The molecule has 0 unspecified atom stereocenters. The van der Waals surface area contributed by atoms with E-state index < -0.39 is 0 Å². The molecule has 1 amide bonds. The van der Waals surface area contributed by atoms with Gasteiger partial charge < -0.3 is 9.88 Å². The van der Waals surface area contributed by atoms with Crippen LogP contribution in [-0.2, 0) is 17.3 Å². The first kappa shape index (κ1) is 20.2. The summed E-state index contributed by atoms with van der Waals surface area (Å²) in [7, 11) is 1.92. The molecule has 2 aromatic carbocycles. The molecule has 0 atom stereocenters. The summed E-state index contributed by atoms with van der Waals surface area (Å²) < 4.78 is 1.92. The molecular formula is C22H24N6OS. The number of hydrogen-bond acceptors (Lipinski definition) is 5. The number of aromatic amines is 1. The summed E-state index contributed by atoms with van der Waals surface area (Å²) >= 11 is 1.36. The fourth-order valence-electron chi connectivity index (χ4n) is 3.15. The second kappa shape index (κ2) is 7.95. The van der Waals surface area contributed by atoms with Crippen molar-refractivity contribution in [3.8, 4) is 11.4 Å². The molecular weight excluding hydrogens is 396 g/mol. The molecule has 0 spiro atoms. The van der Waals surface area contributed by atoms with Crippen molar-refractivity contribution in [2.24, 2.45) is 7.05 Å².